The van der Waals surface area contributed by atoms with Crippen molar-refractivity contribution in [2.24, 2.45) is 11.8 Å². The Bertz CT molecular complexity index is 375. The highest BCUT2D eigenvalue weighted by molar-refractivity contribution is 5.97. The molecule has 0 aliphatic heterocycles. The quantitative estimate of drug-likeness (QED) is 0.697. The minimum Gasteiger partial charge on any atom is -0.294 e. The first-order valence-corrected chi connectivity index (χ1v) is 6.05. The molecule has 1 rings (SSSR count). The van der Waals surface area contributed by atoms with Gasteiger partial charge >= 0.3 is 0 Å². The summed E-state index contributed by atoms with van der Waals surface area (Å²) in [7, 11) is 0. The van der Waals surface area contributed by atoms with Gasteiger partial charge in [-0.2, -0.15) is 0 Å². The van der Waals surface area contributed by atoms with Gasteiger partial charge in [0.15, 0.2) is 5.78 Å². The summed E-state index contributed by atoms with van der Waals surface area (Å²) in [6.45, 7) is 10.4. The van der Waals surface area contributed by atoms with Crippen molar-refractivity contribution >= 4 is 5.78 Å². The van der Waals surface area contributed by atoms with Crippen molar-refractivity contribution in [3.8, 4) is 0 Å². The van der Waals surface area contributed by atoms with E-state index in [1.807, 2.05) is 26.0 Å². The standard InChI is InChI=1S/C15H22O/c1-10(2)8-13-6-7-14(9-12(13)5)15(16)11(3)4/h6-7,9-11H,8H2,1-5H3. The lowest BCUT2D eigenvalue weighted by molar-refractivity contribution is 0.0939. The normalized spacial score (nSPS) is 11.2. The zero-order valence-corrected chi connectivity index (χ0v) is 11.0. The van der Waals surface area contributed by atoms with Gasteiger partial charge in [-0.3, -0.25) is 4.79 Å². The molecule has 1 heteroatoms. The number of hydrogen-bond acceptors (Lipinski definition) is 1. The van der Waals surface area contributed by atoms with Gasteiger partial charge < -0.3 is 0 Å². The summed E-state index contributed by atoms with van der Waals surface area (Å²) >= 11 is 0. The molecule has 0 spiro atoms. The van der Waals surface area contributed by atoms with Crippen molar-refractivity contribution in [2.45, 2.75) is 41.0 Å². The third-order valence-corrected chi connectivity index (χ3v) is 2.78. The summed E-state index contributed by atoms with van der Waals surface area (Å²) in [5.74, 6) is 0.972. The Labute approximate surface area is 98.9 Å². The van der Waals surface area contributed by atoms with E-state index >= 15 is 0 Å². The fourth-order valence-corrected chi connectivity index (χ4v) is 1.85. The second kappa shape index (κ2) is 5.29. The Balaban J connectivity index is 2.95. The Morgan fingerprint density at radius 2 is 1.81 bits per heavy atom. The molecule has 0 atom stereocenters. The molecule has 0 aliphatic rings. The molecule has 1 aromatic carbocycles. The van der Waals surface area contributed by atoms with Gasteiger partial charge in [-0.25, -0.2) is 0 Å². The highest BCUT2D eigenvalue weighted by Crippen LogP contribution is 2.17. The first-order valence-electron chi connectivity index (χ1n) is 6.05. The second-order valence-electron chi connectivity index (χ2n) is 5.26. The molecule has 0 amide bonds. The lowest BCUT2D eigenvalue weighted by atomic mass is 9.94. The minimum atomic E-state index is 0.0790. The Kier molecular flexibility index (Phi) is 4.28. The van der Waals surface area contributed by atoms with Gasteiger partial charge in [0.25, 0.3) is 0 Å². The van der Waals surface area contributed by atoms with E-state index in [1.165, 1.54) is 11.1 Å². The molecule has 0 aromatic heterocycles. The van der Waals surface area contributed by atoms with E-state index in [1.54, 1.807) is 0 Å². The maximum Gasteiger partial charge on any atom is 0.165 e. The molecule has 16 heavy (non-hydrogen) atoms. The van der Waals surface area contributed by atoms with Crippen LogP contribution in [0.5, 0.6) is 0 Å². The second-order valence-corrected chi connectivity index (χ2v) is 5.26. The number of hydrogen-bond donors (Lipinski definition) is 0. The average Bonchev–Trinajstić information content (AvgIpc) is 2.19. The largest absolute Gasteiger partial charge is 0.294 e. The van der Waals surface area contributed by atoms with Gasteiger partial charge in [0.2, 0.25) is 0 Å². The molecular weight excluding hydrogens is 196 g/mol. The van der Waals surface area contributed by atoms with Crippen LogP contribution in [0.2, 0.25) is 0 Å². The molecule has 0 saturated heterocycles. The van der Waals surface area contributed by atoms with E-state index in [2.05, 4.69) is 26.8 Å². The molecule has 0 fully saturated rings. The predicted molar refractivity (Wildman–Crippen MR) is 68.9 cm³/mol. The summed E-state index contributed by atoms with van der Waals surface area (Å²) in [4.78, 5) is 11.8. The van der Waals surface area contributed by atoms with Crippen LogP contribution in [0.1, 0.15) is 49.2 Å². The molecule has 0 heterocycles. The van der Waals surface area contributed by atoms with Crippen LogP contribution in [0.4, 0.5) is 0 Å². The first kappa shape index (κ1) is 13.0. The van der Waals surface area contributed by atoms with Crippen LogP contribution >= 0.6 is 0 Å². The van der Waals surface area contributed by atoms with Crippen molar-refractivity contribution in [3.63, 3.8) is 0 Å². The summed E-state index contributed by atoms with van der Waals surface area (Å²) in [6, 6.07) is 6.10. The molecule has 0 aliphatic carbocycles. The van der Waals surface area contributed by atoms with E-state index in [0.717, 1.165) is 12.0 Å². The van der Waals surface area contributed by atoms with E-state index in [-0.39, 0.29) is 11.7 Å². The molecule has 88 valence electrons. The highest BCUT2D eigenvalue weighted by Gasteiger charge is 2.11. The lowest BCUT2D eigenvalue weighted by Gasteiger charge is -2.11. The number of carbonyl (C=O) groups is 1. The summed E-state index contributed by atoms with van der Waals surface area (Å²) in [5, 5.41) is 0. The highest BCUT2D eigenvalue weighted by atomic mass is 16.1. The molecule has 0 radical (unpaired) electrons. The molecule has 0 bridgehead atoms. The van der Waals surface area contributed by atoms with E-state index in [0.29, 0.717) is 5.92 Å². The van der Waals surface area contributed by atoms with Crippen LogP contribution in [0, 0.1) is 18.8 Å². The number of carbonyl (C=O) groups excluding carboxylic acids is 1. The smallest absolute Gasteiger partial charge is 0.165 e. The van der Waals surface area contributed by atoms with Crippen molar-refractivity contribution in [3.05, 3.63) is 34.9 Å². The summed E-state index contributed by atoms with van der Waals surface area (Å²) in [6.07, 6.45) is 1.09. The summed E-state index contributed by atoms with van der Waals surface area (Å²) < 4.78 is 0. The SMILES string of the molecule is Cc1cc(C(=O)C(C)C)ccc1CC(C)C. The van der Waals surface area contributed by atoms with E-state index < -0.39 is 0 Å². The van der Waals surface area contributed by atoms with Crippen molar-refractivity contribution in [2.75, 3.05) is 0 Å². The number of aryl methyl sites for hydroxylation is 1. The summed E-state index contributed by atoms with van der Waals surface area (Å²) in [5.41, 5.74) is 3.44. The Morgan fingerprint density at radius 1 is 1.19 bits per heavy atom. The molecule has 0 saturated carbocycles. The van der Waals surface area contributed by atoms with Crippen LogP contribution in [-0.2, 0) is 6.42 Å². The van der Waals surface area contributed by atoms with Crippen molar-refractivity contribution in [1.29, 1.82) is 0 Å². The molecule has 1 aromatic rings. The zero-order valence-electron chi connectivity index (χ0n) is 11.0. The molecule has 0 N–H and O–H groups in total. The van der Waals surface area contributed by atoms with Crippen LogP contribution in [0.25, 0.3) is 0 Å². The average molecular weight is 218 g/mol. The number of ketones is 1. The van der Waals surface area contributed by atoms with Crippen LogP contribution < -0.4 is 0 Å². The molecular formula is C15H22O. The topological polar surface area (TPSA) is 17.1 Å². The van der Waals surface area contributed by atoms with E-state index in [9.17, 15) is 4.79 Å². The van der Waals surface area contributed by atoms with Gasteiger partial charge in [0.05, 0.1) is 0 Å². The van der Waals surface area contributed by atoms with Gasteiger partial charge in [-0.15, -0.1) is 0 Å². The number of Topliss-reactive ketones (excluding diaryl/α,β-unsaturated/α-hetero) is 1. The Hall–Kier alpha value is -1.11. The third kappa shape index (κ3) is 3.19. The van der Waals surface area contributed by atoms with Crippen molar-refractivity contribution < 1.29 is 4.79 Å². The maximum atomic E-state index is 11.8. The van der Waals surface area contributed by atoms with Gasteiger partial charge in [-0.1, -0.05) is 39.8 Å². The van der Waals surface area contributed by atoms with Crippen LogP contribution in [0.3, 0.4) is 0 Å². The van der Waals surface area contributed by atoms with Crippen LogP contribution in [0.15, 0.2) is 18.2 Å². The predicted octanol–water partition coefficient (Wildman–Crippen LogP) is 4.03. The minimum absolute atomic E-state index is 0.0790. The van der Waals surface area contributed by atoms with Crippen molar-refractivity contribution in [1.82, 2.24) is 0 Å². The van der Waals surface area contributed by atoms with Gasteiger partial charge in [-0.05, 0) is 36.5 Å². The maximum absolute atomic E-state index is 11.8. The lowest BCUT2D eigenvalue weighted by Crippen LogP contribution is -2.08. The Morgan fingerprint density at radius 3 is 2.25 bits per heavy atom. The number of benzene rings is 1. The first-order chi connectivity index (χ1) is 7.41. The zero-order chi connectivity index (χ0) is 12.3. The van der Waals surface area contributed by atoms with E-state index in [4.69, 9.17) is 0 Å². The van der Waals surface area contributed by atoms with Crippen LogP contribution in [-0.4, -0.2) is 5.78 Å². The molecule has 1 nitrogen and oxygen atoms in total. The monoisotopic (exact) mass is 218 g/mol. The number of rotatable bonds is 4. The van der Waals surface area contributed by atoms with Gasteiger partial charge in [0, 0.05) is 11.5 Å². The third-order valence-electron chi connectivity index (χ3n) is 2.78. The fraction of sp³-hybridized carbons (Fsp3) is 0.533. The fourth-order valence-electron chi connectivity index (χ4n) is 1.85. The molecule has 0 unspecified atom stereocenters. The van der Waals surface area contributed by atoms with Gasteiger partial charge in [0.1, 0.15) is 0 Å².